The second-order valence-electron chi connectivity index (χ2n) is 4.51. The van der Waals surface area contributed by atoms with Gasteiger partial charge in [-0.25, -0.2) is 0 Å². The Kier molecular flexibility index (Phi) is 3.54. The summed E-state index contributed by atoms with van der Waals surface area (Å²) in [5.74, 6) is 1.36. The van der Waals surface area contributed by atoms with Crippen LogP contribution in [0, 0.1) is 0 Å². The highest BCUT2D eigenvalue weighted by molar-refractivity contribution is 5.50. The minimum absolute atomic E-state index is 0.661. The predicted molar refractivity (Wildman–Crippen MR) is 77.4 cm³/mol. The molecule has 0 aliphatic carbocycles. The molecule has 0 amide bonds. The smallest absolute Gasteiger partial charge is 0.202 e. The molecule has 102 valence electrons. The van der Waals surface area contributed by atoms with E-state index in [4.69, 9.17) is 8.94 Å². The highest BCUT2D eigenvalue weighted by atomic mass is 16.5. The summed E-state index contributed by atoms with van der Waals surface area (Å²) in [6.45, 7) is 3.75. The van der Waals surface area contributed by atoms with E-state index in [-0.39, 0.29) is 0 Å². The van der Waals surface area contributed by atoms with Gasteiger partial charge < -0.3 is 13.8 Å². The summed E-state index contributed by atoms with van der Waals surface area (Å²) in [5, 5.41) is 4.11. The first-order valence-corrected chi connectivity index (χ1v) is 6.66. The van der Waals surface area contributed by atoms with Crippen molar-refractivity contribution in [1.29, 1.82) is 0 Å². The van der Waals surface area contributed by atoms with Crippen LogP contribution in [0.1, 0.15) is 12.6 Å². The van der Waals surface area contributed by atoms with Crippen LogP contribution >= 0.6 is 0 Å². The van der Waals surface area contributed by atoms with Crippen molar-refractivity contribution in [3.05, 3.63) is 60.5 Å². The minimum Gasteiger partial charge on any atom is -0.461 e. The quantitative estimate of drug-likeness (QED) is 0.702. The van der Waals surface area contributed by atoms with Crippen LogP contribution in [0.3, 0.4) is 0 Å². The Labute approximate surface area is 117 Å². The van der Waals surface area contributed by atoms with Crippen molar-refractivity contribution in [3.8, 4) is 11.5 Å². The van der Waals surface area contributed by atoms with Crippen LogP contribution in [0.5, 0.6) is 0 Å². The van der Waals surface area contributed by atoms with Crippen molar-refractivity contribution in [1.82, 2.24) is 5.16 Å². The molecule has 0 saturated heterocycles. The van der Waals surface area contributed by atoms with Gasteiger partial charge in [0.2, 0.25) is 5.76 Å². The minimum atomic E-state index is 0.661. The molecule has 3 rings (SSSR count). The molecule has 0 aliphatic heterocycles. The first-order valence-electron chi connectivity index (χ1n) is 6.66. The summed E-state index contributed by atoms with van der Waals surface area (Å²) in [7, 11) is 0. The molecule has 1 aromatic carbocycles. The highest BCUT2D eigenvalue weighted by Gasteiger charge is 2.12. The van der Waals surface area contributed by atoms with Gasteiger partial charge in [-0.05, 0) is 31.2 Å². The van der Waals surface area contributed by atoms with Crippen molar-refractivity contribution in [2.75, 3.05) is 11.4 Å². The molecule has 2 heterocycles. The lowest BCUT2D eigenvalue weighted by Crippen LogP contribution is -2.21. The number of hydrogen-bond donors (Lipinski definition) is 0. The van der Waals surface area contributed by atoms with E-state index in [0.29, 0.717) is 18.1 Å². The standard InChI is InChI=1S/C16H16N2O2/c1-2-18(14-7-4-3-5-8-14)12-13-11-16(20-17-13)15-9-6-10-19-15/h3-11H,2,12H2,1H3. The summed E-state index contributed by atoms with van der Waals surface area (Å²) in [6.07, 6.45) is 1.62. The summed E-state index contributed by atoms with van der Waals surface area (Å²) in [6, 6.07) is 15.9. The number of para-hydroxylation sites is 1. The van der Waals surface area contributed by atoms with Crippen molar-refractivity contribution in [2.45, 2.75) is 13.5 Å². The van der Waals surface area contributed by atoms with Gasteiger partial charge in [-0.15, -0.1) is 0 Å². The van der Waals surface area contributed by atoms with Crippen molar-refractivity contribution < 1.29 is 8.94 Å². The molecule has 0 spiro atoms. The summed E-state index contributed by atoms with van der Waals surface area (Å²) in [4.78, 5) is 2.24. The topological polar surface area (TPSA) is 42.4 Å². The fourth-order valence-corrected chi connectivity index (χ4v) is 2.14. The first kappa shape index (κ1) is 12.5. The third-order valence-electron chi connectivity index (χ3n) is 3.18. The van der Waals surface area contributed by atoms with Gasteiger partial charge in [0.25, 0.3) is 0 Å². The maximum atomic E-state index is 5.32. The van der Waals surface area contributed by atoms with Gasteiger partial charge >= 0.3 is 0 Å². The van der Waals surface area contributed by atoms with Crippen molar-refractivity contribution in [2.24, 2.45) is 0 Å². The molecule has 2 aromatic heterocycles. The van der Waals surface area contributed by atoms with Crippen LogP contribution in [0.4, 0.5) is 5.69 Å². The lowest BCUT2D eigenvalue weighted by molar-refractivity contribution is 0.410. The Morgan fingerprint density at radius 1 is 1.05 bits per heavy atom. The van der Waals surface area contributed by atoms with Crippen LogP contribution in [0.2, 0.25) is 0 Å². The van der Waals surface area contributed by atoms with Gasteiger partial charge in [0.1, 0.15) is 5.69 Å². The molecular formula is C16H16N2O2. The Hall–Kier alpha value is -2.49. The molecule has 0 unspecified atom stereocenters. The Morgan fingerprint density at radius 2 is 1.90 bits per heavy atom. The first-order chi connectivity index (χ1) is 9.86. The van der Waals surface area contributed by atoms with E-state index in [0.717, 1.165) is 12.2 Å². The van der Waals surface area contributed by atoms with Crippen molar-refractivity contribution in [3.63, 3.8) is 0 Å². The number of rotatable bonds is 5. The zero-order valence-electron chi connectivity index (χ0n) is 11.3. The average Bonchev–Trinajstić information content (AvgIpc) is 3.16. The number of benzene rings is 1. The number of hydrogen-bond acceptors (Lipinski definition) is 4. The molecule has 0 saturated carbocycles. The van der Waals surface area contributed by atoms with Crippen LogP contribution in [0.25, 0.3) is 11.5 Å². The summed E-state index contributed by atoms with van der Waals surface area (Å²) < 4.78 is 10.6. The van der Waals surface area contributed by atoms with E-state index in [1.807, 2.05) is 36.4 Å². The van der Waals surface area contributed by atoms with Gasteiger partial charge in [-0.3, -0.25) is 0 Å². The maximum Gasteiger partial charge on any atom is 0.202 e. The SMILES string of the molecule is CCN(Cc1cc(-c2ccco2)on1)c1ccccc1. The molecule has 0 atom stereocenters. The molecule has 20 heavy (non-hydrogen) atoms. The molecule has 0 fully saturated rings. The normalized spacial score (nSPS) is 10.7. The highest BCUT2D eigenvalue weighted by Crippen LogP contribution is 2.22. The number of aromatic nitrogens is 1. The molecule has 3 aromatic rings. The zero-order chi connectivity index (χ0) is 13.8. The van der Waals surface area contributed by atoms with Crippen LogP contribution in [-0.4, -0.2) is 11.7 Å². The summed E-state index contributed by atoms with van der Waals surface area (Å²) >= 11 is 0. The van der Waals surface area contributed by atoms with Crippen LogP contribution in [-0.2, 0) is 6.54 Å². The third kappa shape index (κ3) is 2.59. The van der Waals surface area contributed by atoms with Gasteiger partial charge in [-0.2, -0.15) is 0 Å². The van der Waals surface area contributed by atoms with Crippen LogP contribution < -0.4 is 4.90 Å². The Morgan fingerprint density at radius 3 is 2.60 bits per heavy atom. The van der Waals surface area contributed by atoms with Gasteiger partial charge in [0, 0.05) is 18.3 Å². The molecule has 0 N–H and O–H groups in total. The maximum absolute atomic E-state index is 5.32. The Bertz CT molecular complexity index is 644. The zero-order valence-corrected chi connectivity index (χ0v) is 11.3. The van der Waals surface area contributed by atoms with E-state index in [2.05, 4.69) is 29.1 Å². The van der Waals surface area contributed by atoms with E-state index < -0.39 is 0 Å². The lowest BCUT2D eigenvalue weighted by Gasteiger charge is -2.21. The second-order valence-corrected chi connectivity index (χ2v) is 4.51. The van der Waals surface area contributed by atoms with Gasteiger partial charge in [0.15, 0.2) is 5.76 Å². The number of anilines is 1. The van der Waals surface area contributed by atoms with E-state index in [1.165, 1.54) is 5.69 Å². The summed E-state index contributed by atoms with van der Waals surface area (Å²) in [5.41, 5.74) is 2.07. The van der Waals surface area contributed by atoms with Crippen molar-refractivity contribution >= 4 is 5.69 Å². The number of furan rings is 1. The molecule has 4 nitrogen and oxygen atoms in total. The third-order valence-corrected chi connectivity index (χ3v) is 3.18. The second kappa shape index (κ2) is 5.65. The fraction of sp³-hybridized carbons (Fsp3) is 0.188. The Balaban J connectivity index is 1.77. The van der Waals surface area contributed by atoms with Gasteiger partial charge in [0.05, 0.1) is 12.8 Å². The molecule has 0 aliphatic rings. The average molecular weight is 268 g/mol. The van der Waals surface area contributed by atoms with E-state index in [1.54, 1.807) is 6.26 Å². The molecule has 0 bridgehead atoms. The van der Waals surface area contributed by atoms with Crippen LogP contribution in [0.15, 0.2) is 63.7 Å². The molecule has 0 radical (unpaired) electrons. The fourth-order valence-electron chi connectivity index (χ4n) is 2.14. The predicted octanol–water partition coefficient (Wildman–Crippen LogP) is 3.96. The lowest BCUT2D eigenvalue weighted by atomic mass is 10.2. The molecule has 4 heteroatoms. The van der Waals surface area contributed by atoms with E-state index >= 15 is 0 Å². The number of nitrogens with zero attached hydrogens (tertiary/aromatic N) is 2. The molecular weight excluding hydrogens is 252 g/mol. The van der Waals surface area contributed by atoms with Gasteiger partial charge in [-0.1, -0.05) is 23.4 Å². The van der Waals surface area contributed by atoms with E-state index in [9.17, 15) is 0 Å². The monoisotopic (exact) mass is 268 g/mol. The largest absolute Gasteiger partial charge is 0.461 e.